The summed E-state index contributed by atoms with van der Waals surface area (Å²) in [5.41, 5.74) is 5.28. The van der Waals surface area contributed by atoms with Crippen molar-refractivity contribution in [3.63, 3.8) is 0 Å². The molecule has 4 rings (SSSR count). The van der Waals surface area contributed by atoms with Crippen LogP contribution in [0.2, 0.25) is 0 Å². The van der Waals surface area contributed by atoms with E-state index in [4.69, 9.17) is 9.47 Å². The molecule has 4 aromatic rings. The Labute approximate surface area is 207 Å². The standard InChI is InChI=1S/C27H26BrN3O3/c1-18-14-19(2)31(30-18)16-20-4-9-24(10-5-20)29-27(32)21-6-13-26(33-3)22(15-21)17-34-25-11-7-23(28)8-12-25/h4-15H,16-17H2,1-3H3,(H,29,32). The molecule has 0 bridgehead atoms. The van der Waals surface area contributed by atoms with Crippen molar-refractivity contribution >= 4 is 27.5 Å². The van der Waals surface area contributed by atoms with E-state index in [2.05, 4.69) is 32.4 Å². The number of aromatic nitrogens is 2. The van der Waals surface area contributed by atoms with Crippen LogP contribution < -0.4 is 14.8 Å². The molecule has 1 amide bonds. The lowest BCUT2D eigenvalue weighted by atomic mass is 10.1. The van der Waals surface area contributed by atoms with Crippen molar-refractivity contribution in [2.45, 2.75) is 27.0 Å². The molecule has 0 saturated heterocycles. The molecular weight excluding hydrogens is 494 g/mol. The third-order valence-electron chi connectivity index (χ3n) is 5.40. The Morgan fingerprint density at radius 2 is 1.74 bits per heavy atom. The Balaban J connectivity index is 1.42. The number of aryl methyl sites for hydroxylation is 2. The summed E-state index contributed by atoms with van der Waals surface area (Å²) in [4.78, 5) is 12.9. The summed E-state index contributed by atoms with van der Waals surface area (Å²) in [7, 11) is 1.60. The summed E-state index contributed by atoms with van der Waals surface area (Å²) in [5, 5.41) is 7.46. The number of amides is 1. The first-order chi connectivity index (χ1) is 16.4. The van der Waals surface area contributed by atoms with Crippen LogP contribution >= 0.6 is 15.9 Å². The first-order valence-corrected chi connectivity index (χ1v) is 11.7. The van der Waals surface area contributed by atoms with E-state index < -0.39 is 0 Å². The van der Waals surface area contributed by atoms with E-state index in [0.717, 1.165) is 38.4 Å². The van der Waals surface area contributed by atoms with Crippen LogP contribution in [0.5, 0.6) is 11.5 Å². The zero-order chi connectivity index (χ0) is 24.1. The molecule has 0 aliphatic rings. The van der Waals surface area contributed by atoms with Gasteiger partial charge >= 0.3 is 0 Å². The number of halogens is 1. The minimum Gasteiger partial charge on any atom is -0.496 e. The fourth-order valence-corrected chi connectivity index (χ4v) is 3.89. The molecule has 0 spiro atoms. The number of carbonyl (C=O) groups excluding carboxylic acids is 1. The van der Waals surface area contributed by atoms with Gasteiger partial charge in [-0.05, 0) is 80.1 Å². The van der Waals surface area contributed by atoms with Gasteiger partial charge < -0.3 is 14.8 Å². The van der Waals surface area contributed by atoms with Crippen molar-refractivity contribution in [3.8, 4) is 11.5 Å². The van der Waals surface area contributed by atoms with Gasteiger partial charge in [0.05, 0.1) is 19.3 Å². The first-order valence-electron chi connectivity index (χ1n) is 10.9. The predicted molar refractivity (Wildman–Crippen MR) is 137 cm³/mol. The minimum absolute atomic E-state index is 0.196. The molecule has 1 N–H and O–H groups in total. The molecule has 0 atom stereocenters. The van der Waals surface area contributed by atoms with Crippen LogP contribution in [-0.2, 0) is 13.2 Å². The molecule has 0 fully saturated rings. The summed E-state index contributed by atoms with van der Waals surface area (Å²) >= 11 is 3.42. The fraction of sp³-hybridized carbons (Fsp3) is 0.185. The van der Waals surface area contributed by atoms with Crippen molar-refractivity contribution in [1.29, 1.82) is 0 Å². The van der Waals surface area contributed by atoms with Crippen LogP contribution in [0, 0.1) is 13.8 Å². The molecule has 1 aromatic heterocycles. The van der Waals surface area contributed by atoms with Gasteiger partial charge in [-0.15, -0.1) is 0 Å². The second kappa shape index (κ2) is 10.6. The number of methoxy groups -OCH3 is 1. The molecule has 0 unspecified atom stereocenters. The molecule has 1 heterocycles. The van der Waals surface area contributed by atoms with E-state index in [1.54, 1.807) is 25.3 Å². The van der Waals surface area contributed by atoms with Gasteiger partial charge in [-0.2, -0.15) is 5.10 Å². The zero-order valence-electron chi connectivity index (χ0n) is 19.3. The Bertz CT molecular complexity index is 1280. The highest BCUT2D eigenvalue weighted by molar-refractivity contribution is 9.10. The van der Waals surface area contributed by atoms with Crippen molar-refractivity contribution in [2.75, 3.05) is 12.4 Å². The lowest BCUT2D eigenvalue weighted by molar-refractivity contribution is 0.102. The number of nitrogens with zero attached hydrogens (tertiary/aromatic N) is 2. The maximum atomic E-state index is 12.9. The van der Waals surface area contributed by atoms with Gasteiger partial charge in [-0.3, -0.25) is 9.48 Å². The van der Waals surface area contributed by atoms with Gasteiger partial charge in [0.1, 0.15) is 18.1 Å². The molecule has 0 aliphatic carbocycles. The van der Waals surface area contributed by atoms with Crippen LogP contribution in [0.3, 0.4) is 0 Å². The van der Waals surface area contributed by atoms with Crippen molar-refractivity contribution in [1.82, 2.24) is 9.78 Å². The normalized spacial score (nSPS) is 10.7. The Hall–Kier alpha value is -3.58. The highest BCUT2D eigenvalue weighted by Gasteiger charge is 2.12. The molecule has 0 aliphatic heterocycles. The zero-order valence-corrected chi connectivity index (χ0v) is 20.9. The summed E-state index contributed by atoms with van der Waals surface area (Å²) in [6, 6.07) is 22.8. The smallest absolute Gasteiger partial charge is 0.255 e. The fourth-order valence-electron chi connectivity index (χ4n) is 3.63. The van der Waals surface area contributed by atoms with Crippen LogP contribution in [0.15, 0.2) is 77.3 Å². The largest absolute Gasteiger partial charge is 0.496 e. The number of nitrogens with one attached hydrogen (secondary N) is 1. The van der Waals surface area contributed by atoms with Gasteiger partial charge in [-0.25, -0.2) is 0 Å². The first kappa shape index (κ1) is 23.6. The third kappa shape index (κ3) is 5.85. The number of hydrogen-bond donors (Lipinski definition) is 1. The molecule has 6 nitrogen and oxygen atoms in total. The average Bonchev–Trinajstić information content (AvgIpc) is 3.16. The van der Waals surface area contributed by atoms with Crippen molar-refractivity contribution in [2.24, 2.45) is 0 Å². The molecule has 34 heavy (non-hydrogen) atoms. The van der Waals surface area contributed by atoms with Gasteiger partial charge in [0.25, 0.3) is 5.91 Å². The van der Waals surface area contributed by atoms with E-state index in [1.165, 1.54) is 0 Å². The van der Waals surface area contributed by atoms with Gasteiger partial charge in [-0.1, -0.05) is 28.1 Å². The van der Waals surface area contributed by atoms with E-state index in [1.807, 2.05) is 67.1 Å². The molecule has 7 heteroatoms. The van der Waals surface area contributed by atoms with Crippen molar-refractivity contribution < 1.29 is 14.3 Å². The lowest BCUT2D eigenvalue weighted by Crippen LogP contribution is -2.13. The number of carbonyl (C=O) groups is 1. The number of rotatable bonds is 8. The van der Waals surface area contributed by atoms with E-state index >= 15 is 0 Å². The quantitative estimate of drug-likeness (QED) is 0.303. The molecule has 3 aromatic carbocycles. The van der Waals surface area contributed by atoms with E-state index in [-0.39, 0.29) is 12.5 Å². The van der Waals surface area contributed by atoms with Gasteiger partial charge in [0.2, 0.25) is 0 Å². The van der Waals surface area contributed by atoms with Crippen LogP contribution in [0.1, 0.15) is 32.9 Å². The van der Waals surface area contributed by atoms with E-state index in [0.29, 0.717) is 17.9 Å². The van der Waals surface area contributed by atoms with Crippen LogP contribution in [0.4, 0.5) is 5.69 Å². The maximum Gasteiger partial charge on any atom is 0.255 e. The predicted octanol–water partition coefficient (Wildman–Crippen LogP) is 6.15. The Morgan fingerprint density at radius 3 is 2.38 bits per heavy atom. The molecule has 0 saturated carbocycles. The maximum absolute atomic E-state index is 12.9. The summed E-state index contributed by atoms with van der Waals surface area (Å²) in [6.07, 6.45) is 0. The summed E-state index contributed by atoms with van der Waals surface area (Å²) < 4.78 is 14.3. The van der Waals surface area contributed by atoms with Crippen LogP contribution in [0.25, 0.3) is 0 Å². The van der Waals surface area contributed by atoms with Crippen molar-refractivity contribution in [3.05, 3.63) is 105 Å². The monoisotopic (exact) mass is 519 g/mol. The SMILES string of the molecule is COc1ccc(C(=O)Nc2ccc(Cn3nc(C)cc3C)cc2)cc1COc1ccc(Br)cc1. The molecular formula is C27H26BrN3O3. The van der Waals surface area contributed by atoms with E-state index in [9.17, 15) is 4.79 Å². The average molecular weight is 520 g/mol. The van der Waals surface area contributed by atoms with Gasteiger partial charge in [0, 0.05) is 27.0 Å². The highest BCUT2D eigenvalue weighted by atomic mass is 79.9. The summed E-state index contributed by atoms with van der Waals surface area (Å²) in [5.74, 6) is 1.21. The number of hydrogen-bond acceptors (Lipinski definition) is 4. The minimum atomic E-state index is -0.196. The number of benzene rings is 3. The number of anilines is 1. The molecule has 0 radical (unpaired) electrons. The third-order valence-corrected chi connectivity index (χ3v) is 5.93. The summed E-state index contributed by atoms with van der Waals surface area (Å²) in [6.45, 7) is 5.00. The van der Waals surface area contributed by atoms with Gasteiger partial charge in [0.15, 0.2) is 0 Å². The Kier molecular flexibility index (Phi) is 7.33. The van der Waals surface area contributed by atoms with Crippen LogP contribution in [-0.4, -0.2) is 22.8 Å². The topological polar surface area (TPSA) is 65.4 Å². The second-order valence-corrected chi connectivity index (χ2v) is 8.92. The number of ether oxygens (including phenoxy) is 2. The lowest BCUT2D eigenvalue weighted by Gasteiger charge is -2.13. The Morgan fingerprint density at radius 1 is 1.00 bits per heavy atom. The molecule has 174 valence electrons. The second-order valence-electron chi connectivity index (χ2n) is 8.01. The highest BCUT2D eigenvalue weighted by Crippen LogP contribution is 2.24.